The topological polar surface area (TPSA) is 95.5 Å². The molecule has 6 rings (SSSR count). The van der Waals surface area contributed by atoms with Crippen LogP contribution in [-0.2, 0) is 11.8 Å². The molecule has 1 aliphatic carbocycles. The van der Waals surface area contributed by atoms with Gasteiger partial charge in [0.15, 0.2) is 11.5 Å². The fourth-order valence-electron chi connectivity index (χ4n) is 5.05. The second-order valence-electron chi connectivity index (χ2n) is 8.61. The van der Waals surface area contributed by atoms with Crippen LogP contribution in [0, 0.1) is 29.6 Å². The predicted octanol–water partition coefficient (Wildman–Crippen LogP) is 2.78. The number of amides is 1. The number of benzene rings is 1. The molecule has 10 heteroatoms. The number of nitrogens with two attached hydrogens (primary N) is 1. The lowest BCUT2D eigenvalue weighted by atomic mass is 10.0. The number of anilines is 1. The lowest BCUT2D eigenvalue weighted by Gasteiger charge is -2.16. The van der Waals surface area contributed by atoms with Crippen molar-refractivity contribution in [1.82, 2.24) is 19.4 Å². The number of fused-ring (bicyclic) bond motifs is 3. The van der Waals surface area contributed by atoms with E-state index in [0.717, 1.165) is 0 Å². The first-order chi connectivity index (χ1) is 16.3. The van der Waals surface area contributed by atoms with Crippen molar-refractivity contribution < 1.29 is 23.0 Å². The summed E-state index contributed by atoms with van der Waals surface area (Å²) < 4.78 is 39.0. The number of ether oxygens (including phenoxy) is 2. The molecule has 1 amide bonds. The van der Waals surface area contributed by atoms with Crippen LogP contribution >= 0.6 is 0 Å². The third-order valence-corrected chi connectivity index (χ3v) is 6.73. The second kappa shape index (κ2) is 6.93. The van der Waals surface area contributed by atoms with Gasteiger partial charge >= 0.3 is 6.29 Å². The summed E-state index contributed by atoms with van der Waals surface area (Å²) in [5, 5.41) is 0.500. The maximum absolute atomic E-state index is 13.9. The standard InChI is InChI=1S/C24H19F2N5O3/c1-3-18(32)31-9-14-12(15(14)10-31)7-8-16-19(20-22(27)28-11-29-23(20)30(16)2)13-5-4-6-17-21(13)34-24(25,26)33-17/h3-6,11-12,14-15H,1,9-10H2,2H3,(H2,27,28,29)/t12-,14-,15+. The van der Waals surface area contributed by atoms with E-state index in [1.807, 2.05) is 0 Å². The number of halogens is 2. The lowest BCUT2D eigenvalue weighted by molar-refractivity contribution is -0.286. The van der Waals surface area contributed by atoms with E-state index in [2.05, 4.69) is 33.1 Å². The van der Waals surface area contributed by atoms with Crippen LogP contribution in [0.4, 0.5) is 14.6 Å². The Bertz CT molecular complexity index is 1440. The zero-order valence-corrected chi connectivity index (χ0v) is 18.1. The normalized spacial score (nSPS) is 23.4. The number of aromatic nitrogens is 3. The number of piperidine rings is 1. The van der Waals surface area contributed by atoms with Crippen LogP contribution in [0.25, 0.3) is 22.2 Å². The maximum atomic E-state index is 13.9. The molecule has 2 aromatic heterocycles. The molecule has 0 bridgehead atoms. The monoisotopic (exact) mass is 463 g/mol. The highest BCUT2D eigenvalue weighted by Crippen LogP contribution is 2.52. The number of hydrogen-bond donors (Lipinski definition) is 1. The van der Waals surface area contributed by atoms with Crippen molar-refractivity contribution in [3.05, 3.63) is 42.9 Å². The van der Waals surface area contributed by atoms with Crippen LogP contribution in [-0.4, -0.2) is 44.7 Å². The van der Waals surface area contributed by atoms with E-state index in [0.29, 0.717) is 52.8 Å². The van der Waals surface area contributed by atoms with Crippen molar-refractivity contribution in [3.8, 4) is 34.5 Å². The number of carbonyl (C=O) groups is 1. The Labute approximate surface area is 193 Å². The van der Waals surface area contributed by atoms with Gasteiger partial charge in [-0.1, -0.05) is 24.6 Å². The highest BCUT2D eigenvalue weighted by Gasteiger charge is 2.55. The fraction of sp³-hybridized carbons (Fsp3) is 0.292. The summed E-state index contributed by atoms with van der Waals surface area (Å²) >= 11 is 0. The van der Waals surface area contributed by atoms with Gasteiger partial charge in [-0.15, -0.1) is 8.78 Å². The molecule has 34 heavy (non-hydrogen) atoms. The van der Waals surface area contributed by atoms with Crippen molar-refractivity contribution in [3.63, 3.8) is 0 Å². The van der Waals surface area contributed by atoms with Gasteiger partial charge in [-0.2, -0.15) is 0 Å². The van der Waals surface area contributed by atoms with Gasteiger partial charge in [0.2, 0.25) is 5.91 Å². The van der Waals surface area contributed by atoms with Crippen molar-refractivity contribution in [2.75, 3.05) is 18.8 Å². The highest BCUT2D eigenvalue weighted by atomic mass is 19.3. The summed E-state index contributed by atoms with van der Waals surface area (Å²) in [6.07, 6.45) is -1.10. The number of hydrogen-bond acceptors (Lipinski definition) is 6. The molecule has 3 aliphatic rings. The number of nitrogen functional groups attached to an aromatic ring is 1. The van der Waals surface area contributed by atoms with Crippen molar-refractivity contribution >= 4 is 22.8 Å². The maximum Gasteiger partial charge on any atom is 0.586 e. The van der Waals surface area contributed by atoms with E-state index in [9.17, 15) is 13.6 Å². The minimum Gasteiger partial charge on any atom is -0.395 e. The SMILES string of the molecule is C=CC(=O)N1C[C@@H]2[C@@H](C#Cc3c(-c4cccc5c4OC(F)(F)O5)c4c(N)ncnc4n3C)[C@@H]2C1. The molecular weight excluding hydrogens is 444 g/mol. The van der Waals surface area contributed by atoms with Crippen molar-refractivity contribution in [2.45, 2.75) is 6.29 Å². The van der Waals surface area contributed by atoms with Crippen LogP contribution in [0.5, 0.6) is 11.5 Å². The highest BCUT2D eigenvalue weighted by molar-refractivity contribution is 6.05. The van der Waals surface area contributed by atoms with Crippen LogP contribution in [0.3, 0.4) is 0 Å². The first kappa shape index (κ1) is 20.5. The summed E-state index contributed by atoms with van der Waals surface area (Å²) in [5.41, 5.74) is 8.15. The molecule has 172 valence electrons. The fourth-order valence-corrected chi connectivity index (χ4v) is 5.05. The molecule has 0 spiro atoms. The molecule has 1 aromatic carbocycles. The Morgan fingerprint density at radius 2 is 2.06 bits per heavy atom. The molecule has 4 heterocycles. The molecule has 2 N–H and O–H groups in total. The quantitative estimate of drug-likeness (QED) is 0.464. The van der Waals surface area contributed by atoms with Gasteiger partial charge in [0.05, 0.1) is 5.39 Å². The lowest BCUT2D eigenvalue weighted by Crippen LogP contribution is -2.29. The number of aryl methyl sites for hydroxylation is 1. The average molecular weight is 463 g/mol. The van der Waals surface area contributed by atoms with Gasteiger partial charge in [-0.05, 0) is 29.9 Å². The van der Waals surface area contributed by atoms with E-state index in [1.165, 1.54) is 18.5 Å². The van der Waals surface area contributed by atoms with Gasteiger partial charge in [0.25, 0.3) is 0 Å². The van der Waals surface area contributed by atoms with Crippen LogP contribution in [0.2, 0.25) is 0 Å². The Morgan fingerprint density at radius 3 is 2.79 bits per heavy atom. The minimum absolute atomic E-state index is 0.0686. The first-order valence-electron chi connectivity index (χ1n) is 10.7. The Balaban J connectivity index is 1.45. The van der Waals surface area contributed by atoms with Crippen molar-refractivity contribution in [2.24, 2.45) is 24.8 Å². The number of nitrogens with zero attached hydrogens (tertiary/aromatic N) is 4. The molecule has 0 unspecified atom stereocenters. The Hall–Kier alpha value is -4.13. The van der Waals surface area contributed by atoms with E-state index in [-0.39, 0.29) is 29.1 Å². The molecule has 2 aliphatic heterocycles. The zero-order valence-electron chi connectivity index (χ0n) is 18.1. The Kier molecular flexibility index (Phi) is 4.18. The first-order valence-corrected chi connectivity index (χ1v) is 10.7. The molecule has 1 saturated carbocycles. The van der Waals surface area contributed by atoms with Crippen LogP contribution in [0.15, 0.2) is 37.2 Å². The number of likely N-dealkylation sites (tertiary alicyclic amines) is 1. The summed E-state index contributed by atoms with van der Waals surface area (Å²) in [5.74, 6) is 7.31. The third-order valence-electron chi connectivity index (χ3n) is 6.73. The van der Waals surface area contributed by atoms with E-state index < -0.39 is 6.29 Å². The third kappa shape index (κ3) is 2.93. The summed E-state index contributed by atoms with van der Waals surface area (Å²) in [6, 6.07) is 4.67. The summed E-state index contributed by atoms with van der Waals surface area (Å²) in [4.78, 5) is 22.1. The molecule has 1 saturated heterocycles. The van der Waals surface area contributed by atoms with Crippen LogP contribution < -0.4 is 15.2 Å². The number of carbonyl (C=O) groups excluding carboxylic acids is 1. The van der Waals surface area contributed by atoms with E-state index >= 15 is 0 Å². The average Bonchev–Trinajstić information content (AvgIpc) is 3.10. The predicted molar refractivity (Wildman–Crippen MR) is 119 cm³/mol. The van der Waals surface area contributed by atoms with Gasteiger partial charge < -0.3 is 24.7 Å². The molecule has 3 aromatic rings. The summed E-state index contributed by atoms with van der Waals surface area (Å²) in [7, 11) is 1.79. The van der Waals surface area contributed by atoms with Gasteiger partial charge in [0.1, 0.15) is 23.5 Å². The van der Waals surface area contributed by atoms with Gasteiger partial charge in [-0.3, -0.25) is 4.79 Å². The smallest absolute Gasteiger partial charge is 0.395 e. The number of rotatable bonds is 2. The zero-order chi connectivity index (χ0) is 23.8. The minimum atomic E-state index is -3.77. The molecule has 8 nitrogen and oxygen atoms in total. The molecule has 0 radical (unpaired) electrons. The molecule has 3 atom stereocenters. The van der Waals surface area contributed by atoms with Crippen LogP contribution in [0.1, 0.15) is 5.69 Å². The van der Waals surface area contributed by atoms with E-state index in [4.69, 9.17) is 10.5 Å². The van der Waals surface area contributed by atoms with Gasteiger partial charge in [-0.25, -0.2) is 9.97 Å². The largest absolute Gasteiger partial charge is 0.586 e. The number of alkyl halides is 2. The summed E-state index contributed by atoms with van der Waals surface area (Å²) in [6.45, 7) is 4.85. The van der Waals surface area contributed by atoms with E-state index in [1.54, 1.807) is 28.6 Å². The van der Waals surface area contributed by atoms with Crippen molar-refractivity contribution in [1.29, 1.82) is 0 Å². The second-order valence-corrected chi connectivity index (χ2v) is 8.61. The molecular formula is C24H19F2N5O3. The van der Waals surface area contributed by atoms with Gasteiger partial charge in [0, 0.05) is 37.2 Å². The number of para-hydroxylation sites is 1. The molecule has 2 fully saturated rings. The Morgan fingerprint density at radius 1 is 1.29 bits per heavy atom.